The van der Waals surface area contributed by atoms with E-state index in [2.05, 4.69) is 13.2 Å². The van der Waals surface area contributed by atoms with Crippen LogP contribution in [0.15, 0.2) is 25.3 Å². The Morgan fingerprint density at radius 1 is 1.10 bits per heavy atom. The zero-order valence-corrected chi connectivity index (χ0v) is 4.89. The molecule has 0 atom stereocenters. The van der Waals surface area contributed by atoms with Crippen LogP contribution in [-0.4, -0.2) is 41.4 Å². The molecule has 2 amide bonds. The molecule has 0 saturated heterocycles. The van der Waals surface area contributed by atoms with Crippen LogP contribution in [0.2, 0.25) is 0 Å². The molecule has 0 aliphatic rings. The molecule has 0 aromatic carbocycles. The Morgan fingerprint density at radius 3 is 1.60 bits per heavy atom. The average molecular weight is 149 g/mol. The molecule has 4 heteroatoms. The van der Waals surface area contributed by atoms with Crippen molar-refractivity contribution in [3.8, 4) is 0 Å². The first-order chi connectivity index (χ1) is 4.20. The quantitative estimate of drug-likeness (QED) is 0.419. The van der Waals surface area contributed by atoms with Crippen LogP contribution in [0.4, 0.5) is 0 Å². The first kappa shape index (κ1) is 12.3. The fourth-order valence-corrected chi connectivity index (χ4v) is 0.223. The second-order valence-electron chi connectivity index (χ2n) is 1.26. The minimum atomic E-state index is -0.514. The molecule has 0 aromatic heterocycles. The molecule has 10 heavy (non-hydrogen) atoms. The van der Waals surface area contributed by atoms with Crippen LogP contribution in [0, 0.1) is 0 Å². The van der Waals surface area contributed by atoms with Gasteiger partial charge in [-0.15, -0.1) is 0 Å². The molecule has 50 valence electrons. The summed E-state index contributed by atoms with van der Waals surface area (Å²) < 4.78 is 0. The summed E-state index contributed by atoms with van der Waals surface area (Å²) in [5.74, 6) is -1.03. The zero-order chi connectivity index (χ0) is 7.28. The summed E-state index contributed by atoms with van der Waals surface area (Å²) in [5.41, 5.74) is 0. The van der Waals surface area contributed by atoms with Crippen molar-refractivity contribution in [2.24, 2.45) is 0 Å². The molecule has 0 aromatic rings. The first-order valence-corrected chi connectivity index (χ1v) is 2.30. The molecule has 0 aliphatic heterocycles. The summed E-state index contributed by atoms with van der Waals surface area (Å²) in [6.07, 6.45) is 2.03. The van der Waals surface area contributed by atoms with Gasteiger partial charge in [0.2, 0.25) is 11.8 Å². The zero-order valence-electron chi connectivity index (χ0n) is 4.89. The molecule has 0 radical (unpaired) electrons. The normalized spacial score (nSPS) is 6.80. The third-order valence-electron chi connectivity index (χ3n) is 0.617. The number of carbonyl (C=O) groups is 2. The molecule has 0 aliphatic carbocycles. The van der Waals surface area contributed by atoms with Crippen LogP contribution in [0.25, 0.3) is 0 Å². The van der Waals surface area contributed by atoms with Crippen molar-refractivity contribution in [2.45, 2.75) is 0 Å². The Morgan fingerprint density at radius 2 is 1.40 bits per heavy atom. The molecule has 0 fully saturated rings. The van der Waals surface area contributed by atoms with Gasteiger partial charge in [-0.2, -0.15) is 0 Å². The van der Waals surface area contributed by atoms with Crippen LogP contribution in [0.3, 0.4) is 0 Å². The fraction of sp³-hybridized carbons (Fsp3) is 0. The maximum absolute atomic E-state index is 10.3. The van der Waals surface area contributed by atoms with Gasteiger partial charge in [-0.3, -0.25) is 14.9 Å². The van der Waals surface area contributed by atoms with Gasteiger partial charge < -0.3 is 0 Å². The summed E-state index contributed by atoms with van der Waals surface area (Å²) >= 11 is 0. The second-order valence-corrected chi connectivity index (χ2v) is 1.26. The van der Waals surface area contributed by atoms with Gasteiger partial charge in [0.05, 0.1) is 0 Å². The summed E-state index contributed by atoms with van der Waals surface area (Å²) in [6, 6.07) is 0. The number of hydrogen-bond acceptors (Lipinski definition) is 2. The van der Waals surface area contributed by atoms with Gasteiger partial charge in [-0.1, -0.05) is 13.2 Å². The number of nitrogens with one attached hydrogen (secondary N) is 1. The summed E-state index contributed by atoms with van der Waals surface area (Å²) in [5, 5.41) is 1.97. The molecule has 0 rings (SSSR count). The Bertz CT molecular complexity index is 147. The molecule has 0 unspecified atom stereocenters. The van der Waals surface area contributed by atoms with Crippen LogP contribution in [0.5, 0.6) is 0 Å². The van der Waals surface area contributed by atoms with E-state index >= 15 is 0 Å². The van der Waals surface area contributed by atoms with Crippen molar-refractivity contribution in [1.29, 1.82) is 0 Å². The van der Waals surface area contributed by atoms with E-state index in [4.69, 9.17) is 0 Å². The topological polar surface area (TPSA) is 46.2 Å². The van der Waals surface area contributed by atoms with E-state index in [1.165, 1.54) is 0 Å². The molecule has 0 saturated carbocycles. The van der Waals surface area contributed by atoms with Gasteiger partial charge in [0, 0.05) is 0 Å². The summed E-state index contributed by atoms with van der Waals surface area (Å²) in [6.45, 7) is 6.30. The van der Waals surface area contributed by atoms with Crippen molar-refractivity contribution < 1.29 is 9.59 Å². The van der Waals surface area contributed by atoms with E-state index in [1.54, 1.807) is 0 Å². The fourth-order valence-electron chi connectivity index (χ4n) is 0.223. The number of imide groups is 1. The van der Waals surface area contributed by atoms with E-state index in [1.807, 2.05) is 5.32 Å². The predicted molar refractivity (Wildman–Crippen MR) is 40.7 cm³/mol. The van der Waals surface area contributed by atoms with Crippen molar-refractivity contribution >= 4 is 41.4 Å². The number of rotatable bonds is 2. The number of amides is 2. The Hall–Kier alpha value is -0.380. The van der Waals surface area contributed by atoms with Gasteiger partial charge in [-0.05, 0) is 12.2 Å². The molecule has 1 N–H and O–H groups in total. The third kappa shape index (κ3) is 5.75. The molecule has 0 spiro atoms. The van der Waals surface area contributed by atoms with Crippen molar-refractivity contribution in [2.75, 3.05) is 0 Å². The maximum atomic E-state index is 10.3. The predicted octanol–water partition coefficient (Wildman–Crippen LogP) is -0.647. The molecule has 0 heterocycles. The third-order valence-corrected chi connectivity index (χ3v) is 0.617. The summed E-state index contributed by atoms with van der Waals surface area (Å²) in [7, 11) is 0. The minimum absolute atomic E-state index is 0. The van der Waals surface area contributed by atoms with Gasteiger partial charge in [-0.25, -0.2) is 0 Å². The Labute approximate surface area is 81.5 Å². The summed E-state index contributed by atoms with van der Waals surface area (Å²) in [4.78, 5) is 20.6. The van der Waals surface area contributed by atoms with E-state index in [0.717, 1.165) is 12.2 Å². The monoisotopic (exact) mass is 149 g/mol. The van der Waals surface area contributed by atoms with Crippen LogP contribution in [-0.2, 0) is 9.59 Å². The van der Waals surface area contributed by atoms with Gasteiger partial charge in [0.1, 0.15) is 0 Å². The van der Waals surface area contributed by atoms with Gasteiger partial charge >= 0.3 is 29.6 Å². The van der Waals surface area contributed by atoms with Crippen molar-refractivity contribution in [3.63, 3.8) is 0 Å². The van der Waals surface area contributed by atoms with Crippen LogP contribution >= 0.6 is 0 Å². The van der Waals surface area contributed by atoms with Crippen molar-refractivity contribution in [1.82, 2.24) is 5.32 Å². The first-order valence-electron chi connectivity index (χ1n) is 2.30. The van der Waals surface area contributed by atoms with E-state index in [0.29, 0.717) is 0 Å². The van der Waals surface area contributed by atoms with Crippen LogP contribution in [0.1, 0.15) is 0 Å². The van der Waals surface area contributed by atoms with E-state index in [9.17, 15) is 9.59 Å². The van der Waals surface area contributed by atoms with Gasteiger partial charge in [0.15, 0.2) is 0 Å². The standard InChI is InChI=1S/C6H7NO2.Na.H/c1-3-5(8)7-6(9)4-2;;/h3-4H,1-2H2,(H,7,8,9);;. The van der Waals surface area contributed by atoms with E-state index in [-0.39, 0.29) is 29.6 Å². The molecular weight excluding hydrogens is 141 g/mol. The molecular formula is C6H8NNaO2. The van der Waals surface area contributed by atoms with Gasteiger partial charge in [0.25, 0.3) is 0 Å². The SMILES string of the molecule is C=CC(=O)NC(=O)C=C.[NaH]. The molecule has 3 nitrogen and oxygen atoms in total. The number of carbonyl (C=O) groups excluding carboxylic acids is 2. The Kier molecular flexibility index (Phi) is 8.29. The van der Waals surface area contributed by atoms with Crippen LogP contribution < -0.4 is 5.32 Å². The molecule has 0 bridgehead atoms. The van der Waals surface area contributed by atoms with E-state index < -0.39 is 11.8 Å². The average Bonchev–Trinajstić information content (AvgIpc) is 1.87. The Balaban J connectivity index is 0. The van der Waals surface area contributed by atoms with Crippen molar-refractivity contribution in [3.05, 3.63) is 25.3 Å². The second kappa shape index (κ2) is 6.74. The number of hydrogen-bond donors (Lipinski definition) is 1.